The average Bonchev–Trinajstić information content (AvgIpc) is 2.96. The minimum absolute atomic E-state index is 0. The van der Waals surface area contributed by atoms with Gasteiger partial charge in [0.25, 0.3) is 0 Å². The lowest BCUT2D eigenvalue weighted by Gasteiger charge is -2.34. The Morgan fingerprint density at radius 2 is 1.60 bits per heavy atom. The third-order valence-electron chi connectivity index (χ3n) is 6.99. The molecule has 0 aromatic heterocycles. The van der Waals surface area contributed by atoms with Gasteiger partial charge in [0, 0.05) is 37.9 Å². The van der Waals surface area contributed by atoms with Crippen molar-refractivity contribution in [3.05, 3.63) is 78.4 Å². The summed E-state index contributed by atoms with van der Waals surface area (Å²) in [6, 6.07) is 22.5. The first-order valence-electron chi connectivity index (χ1n) is 14.0. The number of nitrogens with one attached hydrogen (secondary N) is 2. The lowest BCUT2D eigenvalue weighted by molar-refractivity contribution is 0.188. The predicted molar refractivity (Wildman–Crippen MR) is 171 cm³/mol. The molecular weight excluding hydrogens is 576 g/mol. The molecule has 3 aromatic carbocycles. The van der Waals surface area contributed by atoms with Crippen LogP contribution in [0.3, 0.4) is 0 Å². The molecule has 0 saturated carbocycles. The third kappa shape index (κ3) is 9.82. The number of hydrogen-bond acceptors (Lipinski definition) is 6. The number of unbranched alkanes of at least 4 members (excludes halogenated alkanes) is 1. The predicted octanol–water partition coefficient (Wildman–Crippen LogP) is 6.26. The Hall–Kier alpha value is -3.47. The number of sulfonamides is 1. The number of carbonyl (C=O) groups is 1. The minimum atomic E-state index is -3.31. The van der Waals surface area contributed by atoms with E-state index in [-0.39, 0.29) is 24.5 Å². The van der Waals surface area contributed by atoms with Crippen molar-refractivity contribution in [1.29, 1.82) is 0 Å². The highest BCUT2D eigenvalue weighted by atomic mass is 35.5. The molecule has 0 spiro atoms. The Kier molecular flexibility index (Phi) is 12.3. The van der Waals surface area contributed by atoms with E-state index in [1.165, 1.54) is 5.56 Å². The van der Waals surface area contributed by atoms with Crippen molar-refractivity contribution in [2.24, 2.45) is 0 Å². The summed E-state index contributed by atoms with van der Waals surface area (Å²) in [5.74, 6) is 2.03. The van der Waals surface area contributed by atoms with E-state index < -0.39 is 10.0 Å². The standard InChI is InChI=1S/C31H40N4O5S.ClH/c1-4-5-20-35(29-8-6-7-9-30(29)39-2)31(36)32-25-18-21-34(22-19-25)23-24-10-14-27(15-11-24)40-28-16-12-26(13-17-28)33-41(3,37)38;/h6-17,25,33H,4-5,18-23H2,1-3H3,(H,32,36);1H. The fourth-order valence-corrected chi connectivity index (χ4v) is 5.41. The van der Waals surface area contributed by atoms with Gasteiger partial charge in [-0.3, -0.25) is 14.5 Å². The number of ether oxygens (including phenoxy) is 2. The topological polar surface area (TPSA) is 100 Å². The monoisotopic (exact) mass is 616 g/mol. The highest BCUT2D eigenvalue weighted by molar-refractivity contribution is 7.92. The maximum absolute atomic E-state index is 13.3. The van der Waals surface area contributed by atoms with Crippen LogP contribution in [-0.4, -0.2) is 58.4 Å². The zero-order chi connectivity index (χ0) is 29.2. The molecule has 0 bridgehead atoms. The molecule has 4 rings (SSSR count). The molecule has 9 nitrogen and oxygen atoms in total. The van der Waals surface area contributed by atoms with Gasteiger partial charge < -0.3 is 14.8 Å². The minimum Gasteiger partial charge on any atom is -0.495 e. The second-order valence-electron chi connectivity index (χ2n) is 10.3. The van der Waals surface area contributed by atoms with E-state index in [0.717, 1.165) is 57.3 Å². The number of methoxy groups -OCH3 is 1. The summed E-state index contributed by atoms with van der Waals surface area (Å²) >= 11 is 0. The van der Waals surface area contributed by atoms with Gasteiger partial charge in [0.15, 0.2) is 0 Å². The summed E-state index contributed by atoms with van der Waals surface area (Å²) in [6.45, 7) is 5.40. The zero-order valence-corrected chi connectivity index (χ0v) is 26.0. The number of carbonyl (C=O) groups excluding carboxylic acids is 1. The highest BCUT2D eigenvalue weighted by Crippen LogP contribution is 2.29. The fraction of sp³-hybridized carbons (Fsp3) is 0.387. The van der Waals surface area contributed by atoms with Gasteiger partial charge in [-0.15, -0.1) is 12.4 Å². The van der Waals surface area contributed by atoms with E-state index in [0.29, 0.717) is 29.5 Å². The summed E-state index contributed by atoms with van der Waals surface area (Å²) in [4.78, 5) is 17.5. The molecule has 3 aromatic rings. The quantitative estimate of drug-likeness (QED) is 0.249. The smallest absolute Gasteiger partial charge is 0.322 e. The van der Waals surface area contributed by atoms with Crippen molar-refractivity contribution in [2.75, 3.05) is 42.6 Å². The van der Waals surface area contributed by atoms with Crippen LogP contribution >= 0.6 is 12.4 Å². The van der Waals surface area contributed by atoms with Crippen LogP contribution in [0.15, 0.2) is 72.8 Å². The molecule has 1 saturated heterocycles. The number of halogens is 1. The van der Waals surface area contributed by atoms with Crippen LogP contribution in [0.5, 0.6) is 17.2 Å². The van der Waals surface area contributed by atoms with Gasteiger partial charge in [-0.2, -0.15) is 0 Å². The van der Waals surface area contributed by atoms with Crippen molar-refractivity contribution in [1.82, 2.24) is 10.2 Å². The Balaban J connectivity index is 0.00000484. The van der Waals surface area contributed by atoms with Crippen molar-refractivity contribution < 1.29 is 22.7 Å². The molecule has 2 amide bonds. The molecule has 0 aliphatic carbocycles. The molecule has 2 N–H and O–H groups in total. The second-order valence-corrected chi connectivity index (χ2v) is 12.1. The molecule has 228 valence electrons. The Labute approximate surface area is 255 Å². The number of hydrogen-bond donors (Lipinski definition) is 2. The summed E-state index contributed by atoms with van der Waals surface area (Å²) in [6.07, 6.45) is 4.83. The first-order valence-corrected chi connectivity index (χ1v) is 15.9. The first-order chi connectivity index (χ1) is 19.7. The summed E-state index contributed by atoms with van der Waals surface area (Å²) in [7, 11) is -1.68. The molecule has 11 heteroatoms. The van der Waals surface area contributed by atoms with E-state index >= 15 is 0 Å². The van der Waals surface area contributed by atoms with E-state index in [1.807, 2.05) is 36.4 Å². The van der Waals surface area contributed by atoms with Crippen LogP contribution in [0.4, 0.5) is 16.2 Å². The largest absolute Gasteiger partial charge is 0.495 e. The van der Waals surface area contributed by atoms with Crippen molar-refractivity contribution in [3.63, 3.8) is 0 Å². The van der Waals surface area contributed by atoms with Crippen LogP contribution < -0.4 is 24.4 Å². The molecule has 0 atom stereocenters. The van der Waals surface area contributed by atoms with Crippen LogP contribution in [0.25, 0.3) is 0 Å². The maximum atomic E-state index is 13.3. The maximum Gasteiger partial charge on any atom is 0.322 e. The summed E-state index contributed by atoms with van der Waals surface area (Å²) in [5, 5.41) is 3.26. The number of anilines is 2. The number of rotatable bonds is 12. The second kappa shape index (κ2) is 15.7. The Bertz CT molecular complexity index is 1380. The van der Waals surface area contributed by atoms with Gasteiger partial charge in [0.2, 0.25) is 10.0 Å². The Morgan fingerprint density at radius 1 is 0.976 bits per heavy atom. The number of para-hydroxylation sites is 2. The van der Waals surface area contributed by atoms with Crippen LogP contribution in [0.2, 0.25) is 0 Å². The van der Waals surface area contributed by atoms with Crippen molar-refractivity contribution in [2.45, 2.75) is 45.2 Å². The van der Waals surface area contributed by atoms with Gasteiger partial charge >= 0.3 is 6.03 Å². The molecule has 1 heterocycles. The van der Waals surface area contributed by atoms with E-state index in [9.17, 15) is 13.2 Å². The molecule has 0 unspecified atom stereocenters. The van der Waals surface area contributed by atoms with Gasteiger partial charge in [-0.25, -0.2) is 13.2 Å². The Morgan fingerprint density at radius 3 is 2.19 bits per heavy atom. The first kappa shape index (κ1) is 33.0. The zero-order valence-electron chi connectivity index (χ0n) is 24.4. The molecule has 42 heavy (non-hydrogen) atoms. The SMILES string of the molecule is CCCCN(C(=O)NC1CCN(Cc2ccc(Oc3ccc(NS(C)(=O)=O)cc3)cc2)CC1)c1ccccc1OC.Cl. The van der Waals surface area contributed by atoms with Crippen molar-refractivity contribution >= 4 is 39.8 Å². The van der Waals surface area contributed by atoms with E-state index in [2.05, 4.69) is 34.0 Å². The van der Waals surface area contributed by atoms with Crippen LogP contribution in [0, 0.1) is 0 Å². The van der Waals surface area contributed by atoms with Crippen LogP contribution in [0.1, 0.15) is 38.2 Å². The number of urea groups is 1. The lowest BCUT2D eigenvalue weighted by Crippen LogP contribution is -2.49. The van der Waals surface area contributed by atoms with E-state index in [1.54, 1.807) is 36.3 Å². The lowest BCUT2D eigenvalue weighted by atomic mass is 10.0. The highest BCUT2D eigenvalue weighted by Gasteiger charge is 2.25. The number of likely N-dealkylation sites (tertiary alicyclic amines) is 1. The average molecular weight is 617 g/mol. The van der Waals surface area contributed by atoms with Gasteiger partial charge in [-0.1, -0.05) is 37.6 Å². The number of nitrogens with zero attached hydrogens (tertiary/aromatic N) is 2. The fourth-order valence-electron chi connectivity index (χ4n) is 4.85. The summed E-state index contributed by atoms with van der Waals surface area (Å²) < 4.78 is 36.6. The van der Waals surface area contributed by atoms with Crippen molar-refractivity contribution in [3.8, 4) is 17.2 Å². The molecular formula is C31H41ClN4O5S. The normalized spacial score (nSPS) is 14.0. The third-order valence-corrected chi connectivity index (χ3v) is 7.60. The number of piperidine rings is 1. The molecule has 1 aliphatic heterocycles. The van der Waals surface area contributed by atoms with Crippen LogP contribution in [-0.2, 0) is 16.6 Å². The summed E-state index contributed by atoms with van der Waals surface area (Å²) in [5.41, 5.74) is 2.48. The molecule has 1 aliphatic rings. The molecule has 0 radical (unpaired) electrons. The van der Waals surface area contributed by atoms with Gasteiger partial charge in [0.1, 0.15) is 17.2 Å². The number of benzene rings is 3. The number of amides is 2. The van der Waals surface area contributed by atoms with E-state index in [4.69, 9.17) is 9.47 Å². The van der Waals surface area contributed by atoms with Gasteiger partial charge in [0.05, 0.1) is 19.1 Å². The van der Waals surface area contributed by atoms with Gasteiger partial charge in [-0.05, 0) is 73.4 Å². The molecule has 1 fully saturated rings.